The van der Waals surface area contributed by atoms with Crippen molar-refractivity contribution in [3.05, 3.63) is 155 Å². The first-order chi connectivity index (χ1) is 21.5. The predicted molar refractivity (Wildman–Crippen MR) is 163 cm³/mol. The molecule has 0 aromatic heterocycles. The lowest BCUT2D eigenvalue weighted by Crippen LogP contribution is -2.12. The number of ether oxygens (including phenoxy) is 4. The summed E-state index contributed by atoms with van der Waals surface area (Å²) in [4.78, 5) is 24.1. The minimum atomic E-state index is -1.45. The molecule has 44 heavy (non-hydrogen) atoms. The molecule has 0 aliphatic heterocycles. The van der Waals surface area contributed by atoms with Crippen LogP contribution in [0.15, 0.2) is 121 Å². The Labute approximate surface area is 254 Å². The number of aromatic carboxylic acids is 2. The minimum Gasteiger partial charge on any atom is -0.489 e. The van der Waals surface area contributed by atoms with Gasteiger partial charge >= 0.3 is 11.9 Å². The number of hydrogen-bond acceptors (Lipinski definition) is 6. The zero-order valence-electron chi connectivity index (χ0n) is 23.7. The highest BCUT2D eigenvalue weighted by atomic mass is 16.5. The molecule has 0 aliphatic rings. The van der Waals surface area contributed by atoms with Crippen LogP contribution < -0.4 is 18.9 Å². The van der Waals surface area contributed by atoms with Gasteiger partial charge in [0.05, 0.1) is 5.56 Å². The molecule has 5 rings (SSSR count). The molecule has 8 heteroatoms. The van der Waals surface area contributed by atoms with E-state index in [4.69, 9.17) is 18.9 Å². The zero-order chi connectivity index (χ0) is 30.7. The molecule has 0 saturated heterocycles. The quantitative estimate of drug-likeness (QED) is 0.138. The third kappa shape index (κ3) is 7.95. The van der Waals surface area contributed by atoms with Crippen molar-refractivity contribution in [1.82, 2.24) is 0 Å². The average Bonchev–Trinajstić information content (AvgIpc) is 3.05. The maximum absolute atomic E-state index is 12.3. The van der Waals surface area contributed by atoms with E-state index in [0.29, 0.717) is 30.3 Å². The second-order valence-electron chi connectivity index (χ2n) is 9.85. The Balaban J connectivity index is 1.32. The number of rotatable bonds is 14. The van der Waals surface area contributed by atoms with Crippen molar-refractivity contribution in [2.24, 2.45) is 0 Å². The van der Waals surface area contributed by atoms with Gasteiger partial charge in [0.15, 0.2) is 11.5 Å². The van der Waals surface area contributed by atoms with Gasteiger partial charge in [-0.05, 0) is 58.7 Å². The topological polar surface area (TPSA) is 112 Å². The van der Waals surface area contributed by atoms with Crippen molar-refractivity contribution >= 4 is 11.9 Å². The Bertz CT molecular complexity index is 1720. The van der Waals surface area contributed by atoms with E-state index in [1.807, 2.05) is 91.0 Å². The summed E-state index contributed by atoms with van der Waals surface area (Å²) in [6.07, 6.45) is 0. The molecule has 5 aromatic carbocycles. The molecule has 0 atom stereocenters. The molecule has 0 fully saturated rings. The second kappa shape index (κ2) is 14.4. The Morgan fingerprint density at radius 2 is 0.955 bits per heavy atom. The van der Waals surface area contributed by atoms with E-state index in [-0.39, 0.29) is 24.7 Å². The summed E-state index contributed by atoms with van der Waals surface area (Å²) in [5, 5.41) is 19.7. The molecule has 2 N–H and O–H groups in total. The molecule has 0 heterocycles. The van der Waals surface area contributed by atoms with Crippen LogP contribution in [-0.4, -0.2) is 22.2 Å². The second-order valence-corrected chi connectivity index (χ2v) is 9.85. The summed E-state index contributed by atoms with van der Waals surface area (Å²) in [7, 11) is 0. The highest BCUT2D eigenvalue weighted by Crippen LogP contribution is 2.36. The van der Waals surface area contributed by atoms with E-state index in [2.05, 4.69) is 0 Å². The first kappa shape index (κ1) is 29.7. The zero-order valence-corrected chi connectivity index (χ0v) is 23.7. The fraction of sp³-hybridized carbons (Fsp3) is 0.111. The minimum absolute atomic E-state index is 0.0505. The summed E-state index contributed by atoms with van der Waals surface area (Å²) >= 11 is 0. The summed E-state index contributed by atoms with van der Waals surface area (Å²) in [5.74, 6) is -1.66. The monoisotopic (exact) mass is 590 g/mol. The number of benzene rings is 5. The average molecular weight is 591 g/mol. The van der Waals surface area contributed by atoms with Crippen LogP contribution in [0.2, 0.25) is 0 Å². The van der Waals surface area contributed by atoms with Crippen LogP contribution in [0, 0.1) is 0 Å². The van der Waals surface area contributed by atoms with Crippen molar-refractivity contribution < 1.29 is 38.7 Å². The van der Waals surface area contributed by atoms with Crippen LogP contribution in [0.5, 0.6) is 23.0 Å². The first-order valence-electron chi connectivity index (χ1n) is 13.9. The van der Waals surface area contributed by atoms with Crippen molar-refractivity contribution in [2.75, 3.05) is 0 Å². The third-order valence-electron chi connectivity index (χ3n) is 6.64. The van der Waals surface area contributed by atoms with Crippen LogP contribution in [0.4, 0.5) is 0 Å². The van der Waals surface area contributed by atoms with Gasteiger partial charge in [0.1, 0.15) is 43.5 Å². The summed E-state index contributed by atoms with van der Waals surface area (Å²) in [5.41, 5.74) is 2.61. The smallest absolute Gasteiger partial charge is 0.340 e. The van der Waals surface area contributed by atoms with E-state index < -0.39 is 23.1 Å². The van der Waals surface area contributed by atoms with E-state index in [1.54, 1.807) is 18.2 Å². The Morgan fingerprint density at radius 3 is 1.45 bits per heavy atom. The molecule has 0 aliphatic carbocycles. The Kier molecular flexibility index (Phi) is 9.74. The van der Waals surface area contributed by atoms with Crippen molar-refractivity contribution in [3.63, 3.8) is 0 Å². The van der Waals surface area contributed by atoms with Gasteiger partial charge in [-0.25, -0.2) is 9.59 Å². The molecule has 0 amide bonds. The van der Waals surface area contributed by atoms with Gasteiger partial charge in [0.2, 0.25) is 0 Å². The van der Waals surface area contributed by atoms with Gasteiger partial charge in [-0.15, -0.1) is 0 Å². The molecule has 0 saturated carbocycles. The summed E-state index contributed by atoms with van der Waals surface area (Å²) in [6.45, 7) is 0.796. The first-order valence-corrected chi connectivity index (χ1v) is 13.9. The largest absolute Gasteiger partial charge is 0.489 e. The van der Waals surface area contributed by atoms with Crippen molar-refractivity contribution in [1.29, 1.82) is 0 Å². The van der Waals surface area contributed by atoms with Gasteiger partial charge in [-0.1, -0.05) is 84.9 Å². The lowest BCUT2D eigenvalue weighted by Gasteiger charge is -2.17. The van der Waals surface area contributed by atoms with Crippen LogP contribution in [0.1, 0.15) is 43.0 Å². The fourth-order valence-electron chi connectivity index (χ4n) is 4.46. The standard InChI is InChI=1S/C36H30O8/c37-35(38)31-17-18-32(43-23-27-13-7-15-29(19-27)41-21-25-9-3-1-4-10-25)34(33(31)36(39)40)44-24-28-14-8-16-30(20-28)42-22-26-11-5-2-6-12-26/h1-20H,21-24H2,(H,37,38)(H,39,40). The Hall–Kier alpha value is -5.76. The van der Waals surface area contributed by atoms with E-state index in [1.165, 1.54) is 12.1 Å². The van der Waals surface area contributed by atoms with Gasteiger partial charge in [0, 0.05) is 0 Å². The number of carbonyl (C=O) groups is 2. The fourth-order valence-corrected chi connectivity index (χ4v) is 4.46. The molecule has 0 radical (unpaired) electrons. The molecule has 0 unspecified atom stereocenters. The highest BCUT2D eigenvalue weighted by molar-refractivity contribution is 6.04. The highest BCUT2D eigenvalue weighted by Gasteiger charge is 2.25. The molecule has 0 bridgehead atoms. The van der Waals surface area contributed by atoms with Crippen LogP contribution in [0.25, 0.3) is 0 Å². The van der Waals surface area contributed by atoms with Gasteiger partial charge in [-0.3, -0.25) is 0 Å². The van der Waals surface area contributed by atoms with E-state index in [0.717, 1.165) is 16.7 Å². The SMILES string of the molecule is O=C(O)c1ccc(OCc2cccc(OCc3ccccc3)c2)c(OCc2cccc(OCc3ccccc3)c2)c1C(=O)O. The molecule has 8 nitrogen and oxygen atoms in total. The van der Waals surface area contributed by atoms with Crippen molar-refractivity contribution in [3.8, 4) is 23.0 Å². The molecule has 222 valence electrons. The number of carboxylic acid groups (broad SMARTS) is 2. The molecular formula is C36H30O8. The van der Waals surface area contributed by atoms with Gasteiger partial charge in [-0.2, -0.15) is 0 Å². The van der Waals surface area contributed by atoms with E-state index >= 15 is 0 Å². The number of hydrogen-bond donors (Lipinski definition) is 2. The molecule has 0 spiro atoms. The van der Waals surface area contributed by atoms with Crippen LogP contribution in [-0.2, 0) is 26.4 Å². The Morgan fingerprint density at radius 1 is 0.477 bits per heavy atom. The lowest BCUT2D eigenvalue weighted by molar-refractivity contribution is 0.0646. The van der Waals surface area contributed by atoms with Crippen molar-refractivity contribution in [2.45, 2.75) is 26.4 Å². The molecule has 5 aromatic rings. The van der Waals surface area contributed by atoms with Gasteiger partial charge in [0.25, 0.3) is 0 Å². The van der Waals surface area contributed by atoms with E-state index in [9.17, 15) is 19.8 Å². The van der Waals surface area contributed by atoms with Crippen LogP contribution >= 0.6 is 0 Å². The maximum atomic E-state index is 12.3. The third-order valence-corrected chi connectivity index (χ3v) is 6.64. The predicted octanol–water partition coefficient (Wildman–Crippen LogP) is 7.40. The summed E-state index contributed by atoms with van der Waals surface area (Å²) in [6, 6.07) is 36.7. The number of carboxylic acids is 2. The lowest BCUT2D eigenvalue weighted by atomic mass is 10.1. The maximum Gasteiger partial charge on any atom is 0.340 e. The summed E-state index contributed by atoms with van der Waals surface area (Å²) < 4.78 is 23.8. The normalized spacial score (nSPS) is 10.5. The van der Waals surface area contributed by atoms with Gasteiger partial charge < -0.3 is 29.2 Å². The molecular weight excluding hydrogens is 560 g/mol. The van der Waals surface area contributed by atoms with Crippen LogP contribution in [0.3, 0.4) is 0 Å².